The van der Waals surface area contributed by atoms with Gasteiger partial charge in [-0.25, -0.2) is 0 Å². The number of fused-ring (bicyclic) bond motifs is 1. The summed E-state index contributed by atoms with van der Waals surface area (Å²) in [4.78, 5) is 25.0. The van der Waals surface area contributed by atoms with Gasteiger partial charge in [-0.2, -0.15) is 0 Å². The molecule has 0 aromatic rings. The molecule has 0 aliphatic heterocycles. The van der Waals surface area contributed by atoms with E-state index in [2.05, 4.69) is 0 Å². The molecule has 22 heavy (non-hydrogen) atoms. The van der Waals surface area contributed by atoms with Gasteiger partial charge in [0.2, 0.25) is 0 Å². The average Bonchev–Trinajstić information content (AvgIpc) is 2.49. The molecule has 4 rings (SSSR count). The van der Waals surface area contributed by atoms with Crippen LogP contribution >= 0.6 is 23.2 Å². The highest BCUT2D eigenvalue weighted by atomic mass is 35.5. The molecule has 120 valence electrons. The Morgan fingerprint density at radius 1 is 1.18 bits per heavy atom. The Labute approximate surface area is 138 Å². The van der Waals surface area contributed by atoms with E-state index in [-0.39, 0.29) is 17.5 Å². The number of hydrogen-bond acceptors (Lipinski definition) is 4. The molecule has 4 aliphatic carbocycles. The second kappa shape index (κ2) is 4.67. The van der Waals surface area contributed by atoms with Crippen LogP contribution < -0.4 is 0 Å². The molecule has 0 radical (unpaired) electrons. The first-order valence-electron chi connectivity index (χ1n) is 7.20. The summed E-state index contributed by atoms with van der Waals surface area (Å²) in [6, 6.07) is 0. The Morgan fingerprint density at radius 2 is 1.77 bits per heavy atom. The Bertz CT molecular complexity index is 628. The van der Waals surface area contributed by atoms with Gasteiger partial charge in [0, 0.05) is 23.2 Å². The lowest BCUT2D eigenvalue weighted by Gasteiger charge is -2.62. The van der Waals surface area contributed by atoms with Crippen molar-refractivity contribution in [3.63, 3.8) is 0 Å². The second-order valence-electron chi connectivity index (χ2n) is 6.89. The SMILES string of the molecule is CC1=C[C@@H]2C(=O)[C@](O)(CCl)[C@H]1C1C(O)(CCl)C(=O)C=CC12C. The number of aliphatic hydroxyl groups is 2. The predicted octanol–water partition coefficient (Wildman–Crippen LogP) is 1.46. The van der Waals surface area contributed by atoms with Crippen molar-refractivity contribution in [2.24, 2.45) is 23.2 Å². The van der Waals surface area contributed by atoms with Crippen molar-refractivity contribution in [1.29, 1.82) is 0 Å². The van der Waals surface area contributed by atoms with E-state index in [4.69, 9.17) is 23.2 Å². The van der Waals surface area contributed by atoms with Gasteiger partial charge in [0.05, 0.1) is 11.8 Å². The molecule has 0 amide bonds. The van der Waals surface area contributed by atoms with E-state index in [0.29, 0.717) is 0 Å². The van der Waals surface area contributed by atoms with E-state index in [9.17, 15) is 19.8 Å². The monoisotopic (exact) mass is 344 g/mol. The molecular weight excluding hydrogens is 327 g/mol. The Balaban J connectivity index is 2.30. The lowest BCUT2D eigenvalue weighted by molar-refractivity contribution is -0.188. The zero-order chi connectivity index (χ0) is 16.5. The number of ketones is 2. The van der Waals surface area contributed by atoms with E-state index < -0.39 is 40.2 Å². The maximum absolute atomic E-state index is 12.7. The molecule has 1 fully saturated rings. The highest BCUT2D eigenvalue weighted by molar-refractivity contribution is 6.22. The van der Waals surface area contributed by atoms with E-state index >= 15 is 0 Å². The minimum Gasteiger partial charge on any atom is -0.380 e. The first kappa shape index (κ1) is 16.2. The van der Waals surface area contributed by atoms with Gasteiger partial charge in [0.15, 0.2) is 11.6 Å². The van der Waals surface area contributed by atoms with Crippen LogP contribution in [0.25, 0.3) is 0 Å². The quantitative estimate of drug-likeness (QED) is 0.587. The van der Waals surface area contributed by atoms with E-state index in [1.165, 1.54) is 6.08 Å². The summed E-state index contributed by atoms with van der Waals surface area (Å²) >= 11 is 11.8. The lowest BCUT2D eigenvalue weighted by Crippen LogP contribution is -2.73. The summed E-state index contributed by atoms with van der Waals surface area (Å²) in [5.74, 6) is -3.47. The van der Waals surface area contributed by atoms with Crippen LogP contribution in [0.4, 0.5) is 0 Å². The van der Waals surface area contributed by atoms with Crippen molar-refractivity contribution in [2.45, 2.75) is 25.0 Å². The van der Waals surface area contributed by atoms with Gasteiger partial charge in [0.1, 0.15) is 11.2 Å². The summed E-state index contributed by atoms with van der Waals surface area (Å²) in [7, 11) is 0. The first-order chi connectivity index (χ1) is 10.2. The number of carbonyl (C=O) groups excluding carboxylic acids is 2. The van der Waals surface area contributed by atoms with Crippen LogP contribution in [0.1, 0.15) is 13.8 Å². The van der Waals surface area contributed by atoms with Crippen molar-refractivity contribution in [2.75, 3.05) is 11.8 Å². The van der Waals surface area contributed by atoms with Gasteiger partial charge in [-0.1, -0.05) is 24.6 Å². The van der Waals surface area contributed by atoms with Gasteiger partial charge < -0.3 is 10.2 Å². The maximum Gasteiger partial charge on any atom is 0.188 e. The standard InChI is InChI=1S/C16H18Cl2O4/c1-8-5-9-13(20)16(22,7-18)11(8)12-14(9,2)4-3-10(19)15(12,21)6-17/h3-5,9,11-12,21-22H,6-7H2,1-2H3/t9-,11-,12?,14?,15?,16+/m1/s1. The number of carbonyl (C=O) groups is 2. The Hall–Kier alpha value is -0.680. The van der Waals surface area contributed by atoms with E-state index in [0.717, 1.165) is 5.57 Å². The average molecular weight is 345 g/mol. The van der Waals surface area contributed by atoms with Crippen molar-refractivity contribution < 1.29 is 19.8 Å². The number of hydrogen-bond donors (Lipinski definition) is 2. The fraction of sp³-hybridized carbons (Fsp3) is 0.625. The van der Waals surface area contributed by atoms with Crippen LogP contribution in [0, 0.1) is 23.2 Å². The number of alkyl halides is 2. The second-order valence-corrected chi connectivity index (χ2v) is 7.42. The van der Waals surface area contributed by atoms with Crippen LogP contribution in [0.15, 0.2) is 23.8 Å². The van der Waals surface area contributed by atoms with Crippen LogP contribution in [0.5, 0.6) is 0 Å². The Kier molecular flexibility index (Phi) is 3.43. The Morgan fingerprint density at radius 3 is 2.32 bits per heavy atom. The molecule has 0 saturated heterocycles. The van der Waals surface area contributed by atoms with Gasteiger partial charge in [0.25, 0.3) is 0 Å². The fourth-order valence-electron chi connectivity index (χ4n) is 4.64. The van der Waals surface area contributed by atoms with Gasteiger partial charge in [-0.05, 0) is 13.0 Å². The maximum atomic E-state index is 12.7. The summed E-state index contributed by atoms with van der Waals surface area (Å²) < 4.78 is 0. The molecule has 0 aromatic carbocycles. The highest BCUT2D eigenvalue weighted by Gasteiger charge is 2.71. The first-order valence-corrected chi connectivity index (χ1v) is 8.26. The minimum absolute atomic E-state index is 0.277. The molecule has 0 spiro atoms. The number of halogens is 2. The van der Waals surface area contributed by atoms with Crippen molar-refractivity contribution >= 4 is 34.8 Å². The third-order valence-corrected chi connectivity index (χ3v) is 6.57. The highest BCUT2D eigenvalue weighted by Crippen LogP contribution is 2.62. The molecule has 3 unspecified atom stereocenters. The molecular formula is C16H18Cl2O4. The van der Waals surface area contributed by atoms with Crippen molar-refractivity contribution in [3.8, 4) is 0 Å². The lowest BCUT2D eigenvalue weighted by atomic mass is 9.42. The van der Waals surface area contributed by atoms with Crippen LogP contribution in [0.3, 0.4) is 0 Å². The van der Waals surface area contributed by atoms with Crippen molar-refractivity contribution in [3.05, 3.63) is 23.8 Å². The van der Waals surface area contributed by atoms with Crippen LogP contribution in [0.2, 0.25) is 0 Å². The van der Waals surface area contributed by atoms with Gasteiger partial charge in [-0.3, -0.25) is 9.59 Å². The normalized spacial score (nSPS) is 50.1. The molecule has 4 aliphatic rings. The molecule has 0 heterocycles. The largest absolute Gasteiger partial charge is 0.380 e. The van der Waals surface area contributed by atoms with E-state index in [1.807, 2.05) is 13.0 Å². The third-order valence-electron chi connectivity index (χ3n) is 5.76. The summed E-state index contributed by atoms with van der Waals surface area (Å²) in [5, 5.41) is 21.8. The zero-order valence-electron chi connectivity index (χ0n) is 12.3. The third kappa shape index (κ3) is 1.62. The van der Waals surface area contributed by atoms with E-state index in [1.54, 1.807) is 13.0 Å². The van der Waals surface area contributed by atoms with Gasteiger partial charge >= 0.3 is 0 Å². The number of rotatable bonds is 2. The summed E-state index contributed by atoms with van der Waals surface area (Å²) in [5.41, 5.74) is -3.59. The minimum atomic E-state index is -1.82. The molecule has 2 bridgehead atoms. The number of allylic oxidation sites excluding steroid dienone is 2. The zero-order valence-corrected chi connectivity index (χ0v) is 13.9. The molecule has 4 nitrogen and oxygen atoms in total. The number of Topliss-reactive ketones (excluding diaryl/α,β-unsaturated/α-hetero) is 1. The molecule has 2 N–H and O–H groups in total. The van der Waals surface area contributed by atoms with Crippen molar-refractivity contribution in [1.82, 2.24) is 0 Å². The summed E-state index contributed by atoms with van der Waals surface area (Å²) in [6.07, 6.45) is 4.79. The molecule has 6 atom stereocenters. The predicted molar refractivity (Wildman–Crippen MR) is 82.8 cm³/mol. The van der Waals surface area contributed by atoms with Crippen LogP contribution in [-0.4, -0.2) is 44.7 Å². The summed E-state index contributed by atoms with van der Waals surface area (Å²) in [6.45, 7) is 3.61. The van der Waals surface area contributed by atoms with Gasteiger partial charge in [-0.15, -0.1) is 23.2 Å². The van der Waals surface area contributed by atoms with Crippen LogP contribution in [-0.2, 0) is 9.59 Å². The molecule has 0 aromatic heterocycles. The topological polar surface area (TPSA) is 74.6 Å². The molecule has 6 heteroatoms. The fourth-order valence-corrected chi connectivity index (χ4v) is 5.24. The molecule has 1 saturated carbocycles. The smallest absolute Gasteiger partial charge is 0.188 e.